The second-order valence-electron chi connectivity index (χ2n) is 2.54. The summed E-state index contributed by atoms with van der Waals surface area (Å²) in [6.07, 6.45) is 3.36. The largest absolute Gasteiger partial charge is 0.300 e. The zero-order chi connectivity index (χ0) is 6.69. The molecule has 9 heavy (non-hydrogen) atoms. The first kappa shape index (κ1) is 7.13. The van der Waals surface area contributed by atoms with E-state index in [1.165, 1.54) is 18.6 Å². The van der Waals surface area contributed by atoms with Crippen LogP contribution in [0.15, 0.2) is 0 Å². The van der Waals surface area contributed by atoms with Gasteiger partial charge in [0.05, 0.1) is 0 Å². The number of rotatable bonds is 2. The van der Waals surface area contributed by atoms with Crippen molar-refractivity contribution in [3.05, 3.63) is 0 Å². The molecule has 1 heterocycles. The van der Waals surface area contributed by atoms with Gasteiger partial charge in [-0.1, -0.05) is 0 Å². The Balaban J connectivity index is 2.19. The molecule has 0 bridgehead atoms. The van der Waals surface area contributed by atoms with Crippen LogP contribution in [0.1, 0.15) is 26.2 Å². The van der Waals surface area contributed by atoms with Crippen molar-refractivity contribution in [2.75, 3.05) is 5.75 Å². The van der Waals surface area contributed by atoms with Crippen LogP contribution in [-0.2, 0) is 4.79 Å². The van der Waals surface area contributed by atoms with Crippen LogP contribution in [0.4, 0.5) is 0 Å². The van der Waals surface area contributed by atoms with Gasteiger partial charge in [-0.15, -0.1) is 0 Å². The summed E-state index contributed by atoms with van der Waals surface area (Å²) in [4.78, 5) is 10.6. The third-order valence-corrected chi connectivity index (χ3v) is 2.94. The standard InChI is InChI=1S/C7H12OS/c1-6(8)5-7-3-2-4-9-7/h7H,2-5H2,1H3. The van der Waals surface area contributed by atoms with Gasteiger partial charge in [0.25, 0.3) is 0 Å². The summed E-state index contributed by atoms with van der Waals surface area (Å²) in [5.41, 5.74) is 0. The first-order valence-electron chi connectivity index (χ1n) is 3.40. The fourth-order valence-corrected chi connectivity index (χ4v) is 2.48. The van der Waals surface area contributed by atoms with Crippen molar-refractivity contribution in [3.8, 4) is 0 Å². The summed E-state index contributed by atoms with van der Waals surface area (Å²) in [5, 5.41) is 0.655. The molecule has 0 radical (unpaired) electrons. The molecule has 0 spiro atoms. The van der Waals surface area contributed by atoms with E-state index in [0.717, 1.165) is 6.42 Å². The number of carbonyl (C=O) groups is 1. The van der Waals surface area contributed by atoms with Crippen molar-refractivity contribution >= 4 is 17.5 Å². The predicted molar refractivity (Wildman–Crippen MR) is 40.8 cm³/mol. The van der Waals surface area contributed by atoms with Gasteiger partial charge in [0.2, 0.25) is 0 Å². The maximum Gasteiger partial charge on any atom is 0.130 e. The van der Waals surface area contributed by atoms with Crippen LogP contribution in [0.5, 0.6) is 0 Å². The highest BCUT2D eigenvalue weighted by atomic mass is 32.2. The molecule has 52 valence electrons. The quantitative estimate of drug-likeness (QED) is 0.588. The van der Waals surface area contributed by atoms with Gasteiger partial charge in [0, 0.05) is 11.7 Å². The molecule has 0 saturated carbocycles. The van der Waals surface area contributed by atoms with Crippen LogP contribution in [0.3, 0.4) is 0 Å². The lowest BCUT2D eigenvalue weighted by Gasteiger charge is -2.02. The minimum absolute atomic E-state index is 0.342. The minimum Gasteiger partial charge on any atom is -0.300 e. The molecule has 1 unspecified atom stereocenters. The molecular formula is C7H12OS. The van der Waals surface area contributed by atoms with Crippen molar-refractivity contribution in [1.29, 1.82) is 0 Å². The summed E-state index contributed by atoms with van der Waals surface area (Å²) in [6, 6.07) is 0. The molecule has 0 N–H and O–H groups in total. The van der Waals surface area contributed by atoms with Gasteiger partial charge < -0.3 is 0 Å². The first-order valence-corrected chi connectivity index (χ1v) is 4.45. The molecule has 1 saturated heterocycles. The van der Waals surface area contributed by atoms with Gasteiger partial charge in [0.1, 0.15) is 5.78 Å². The van der Waals surface area contributed by atoms with Crippen molar-refractivity contribution in [2.24, 2.45) is 0 Å². The second kappa shape index (κ2) is 3.25. The van der Waals surface area contributed by atoms with Crippen LogP contribution in [0.25, 0.3) is 0 Å². The van der Waals surface area contributed by atoms with Gasteiger partial charge >= 0.3 is 0 Å². The average molecular weight is 144 g/mol. The molecule has 2 heteroatoms. The first-order chi connectivity index (χ1) is 4.29. The predicted octanol–water partition coefficient (Wildman–Crippen LogP) is 1.86. The van der Waals surface area contributed by atoms with E-state index in [9.17, 15) is 4.79 Å². The van der Waals surface area contributed by atoms with E-state index in [4.69, 9.17) is 0 Å². The third kappa shape index (κ3) is 2.39. The van der Waals surface area contributed by atoms with Gasteiger partial charge in [-0.2, -0.15) is 11.8 Å². The Labute approximate surface area is 60.2 Å². The zero-order valence-electron chi connectivity index (χ0n) is 5.72. The van der Waals surface area contributed by atoms with Crippen LogP contribution in [0.2, 0.25) is 0 Å². The molecule has 0 aromatic carbocycles. The number of hydrogen-bond acceptors (Lipinski definition) is 2. The Hall–Kier alpha value is 0.0200. The van der Waals surface area contributed by atoms with Crippen LogP contribution >= 0.6 is 11.8 Å². The lowest BCUT2D eigenvalue weighted by molar-refractivity contribution is -0.116. The highest BCUT2D eigenvalue weighted by molar-refractivity contribution is 8.00. The maximum atomic E-state index is 10.6. The molecule has 1 atom stereocenters. The van der Waals surface area contributed by atoms with Gasteiger partial charge in [-0.05, 0) is 25.5 Å². The molecule has 1 fully saturated rings. The fourth-order valence-electron chi connectivity index (χ4n) is 1.13. The molecule has 1 aliphatic heterocycles. The Kier molecular flexibility index (Phi) is 2.58. The number of ketones is 1. The van der Waals surface area contributed by atoms with Crippen LogP contribution in [-0.4, -0.2) is 16.8 Å². The molecule has 1 aliphatic rings. The topological polar surface area (TPSA) is 17.1 Å². The fraction of sp³-hybridized carbons (Fsp3) is 0.857. The summed E-state index contributed by atoms with van der Waals surface area (Å²) < 4.78 is 0. The summed E-state index contributed by atoms with van der Waals surface area (Å²) in [6.45, 7) is 1.68. The van der Waals surface area contributed by atoms with E-state index in [1.807, 2.05) is 11.8 Å². The van der Waals surface area contributed by atoms with Gasteiger partial charge in [0.15, 0.2) is 0 Å². The van der Waals surface area contributed by atoms with E-state index in [1.54, 1.807) is 6.92 Å². The highest BCUT2D eigenvalue weighted by Crippen LogP contribution is 2.28. The van der Waals surface area contributed by atoms with Gasteiger partial charge in [-0.25, -0.2) is 0 Å². The second-order valence-corrected chi connectivity index (χ2v) is 3.95. The summed E-state index contributed by atoms with van der Waals surface area (Å²) in [5.74, 6) is 1.60. The maximum absolute atomic E-state index is 10.6. The summed E-state index contributed by atoms with van der Waals surface area (Å²) >= 11 is 1.95. The van der Waals surface area contributed by atoms with Crippen molar-refractivity contribution < 1.29 is 4.79 Å². The Morgan fingerprint density at radius 2 is 2.56 bits per heavy atom. The smallest absolute Gasteiger partial charge is 0.130 e. The van der Waals surface area contributed by atoms with E-state index in [-0.39, 0.29) is 0 Å². The van der Waals surface area contributed by atoms with Crippen molar-refractivity contribution in [2.45, 2.75) is 31.4 Å². The monoisotopic (exact) mass is 144 g/mol. The lowest BCUT2D eigenvalue weighted by atomic mass is 10.1. The highest BCUT2D eigenvalue weighted by Gasteiger charge is 2.16. The van der Waals surface area contributed by atoms with Gasteiger partial charge in [-0.3, -0.25) is 4.79 Å². The number of thioether (sulfide) groups is 1. The third-order valence-electron chi connectivity index (χ3n) is 1.54. The van der Waals surface area contributed by atoms with E-state index >= 15 is 0 Å². The normalized spacial score (nSPS) is 26.6. The molecule has 1 nitrogen and oxygen atoms in total. The Morgan fingerprint density at radius 1 is 1.78 bits per heavy atom. The molecule has 1 rings (SSSR count). The van der Waals surface area contributed by atoms with E-state index in [0.29, 0.717) is 11.0 Å². The molecule has 0 amide bonds. The molecule has 0 aromatic heterocycles. The van der Waals surface area contributed by atoms with Crippen molar-refractivity contribution in [1.82, 2.24) is 0 Å². The number of Topliss-reactive ketones (excluding diaryl/α,β-unsaturated/α-hetero) is 1. The molecule has 0 aromatic rings. The minimum atomic E-state index is 0.342. The van der Waals surface area contributed by atoms with E-state index < -0.39 is 0 Å². The number of hydrogen-bond donors (Lipinski definition) is 0. The zero-order valence-corrected chi connectivity index (χ0v) is 6.54. The molecular weight excluding hydrogens is 132 g/mol. The van der Waals surface area contributed by atoms with Crippen molar-refractivity contribution in [3.63, 3.8) is 0 Å². The Morgan fingerprint density at radius 3 is 3.00 bits per heavy atom. The molecule has 0 aliphatic carbocycles. The van der Waals surface area contributed by atoms with E-state index in [2.05, 4.69) is 0 Å². The Bertz CT molecular complexity index is 105. The van der Waals surface area contributed by atoms with Crippen LogP contribution < -0.4 is 0 Å². The SMILES string of the molecule is CC(=O)CC1CCCS1. The summed E-state index contributed by atoms with van der Waals surface area (Å²) in [7, 11) is 0. The number of carbonyl (C=O) groups excluding carboxylic acids is 1. The average Bonchev–Trinajstić information content (AvgIpc) is 2.15. The lowest BCUT2D eigenvalue weighted by Crippen LogP contribution is -2.02. The van der Waals surface area contributed by atoms with Crippen LogP contribution in [0, 0.1) is 0 Å².